The maximum atomic E-state index is 10.8. The number of aliphatic hydroxyl groups excluding tert-OH is 2. The number of imidazole rings is 1. The van der Waals surface area contributed by atoms with E-state index in [0.29, 0.717) is 29.1 Å². The number of nitrogens with zero attached hydrogens (tertiary/aromatic N) is 4. The van der Waals surface area contributed by atoms with E-state index in [-0.39, 0.29) is 16.7 Å². The Kier molecular flexibility index (Phi) is 5.81. The van der Waals surface area contributed by atoms with Crippen LogP contribution in [0.2, 0.25) is 0 Å². The Hall–Kier alpha value is -1.99. The minimum atomic E-state index is -1.16. The van der Waals surface area contributed by atoms with E-state index >= 15 is 0 Å². The molecule has 0 spiro atoms. The zero-order valence-electron chi connectivity index (χ0n) is 14.7. The van der Waals surface area contributed by atoms with Gasteiger partial charge in [-0.2, -0.15) is 0 Å². The lowest BCUT2D eigenvalue weighted by Gasteiger charge is -2.16. The average molecular weight is 399 g/mol. The number of nitrogen functional groups attached to an aromatic ring is 1. The van der Waals surface area contributed by atoms with Crippen LogP contribution in [0.25, 0.3) is 11.2 Å². The van der Waals surface area contributed by atoms with Crippen LogP contribution in [-0.4, -0.2) is 82.9 Å². The highest BCUT2D eigenvalue weighted by molar-refractivity contribution is 7.96. The molecule has 2 aromatic rings. The highest BCUT2D eigenvalue weighted by Gasteiger charge is 2.46. The van der Waals surface area contributed by atoms with Gasteiger partial charge in [0.05, 0.1) is 12.6 Å². The van der Waals surface area contributed by atoms with Crippen molar-refractivity contribution in [1.82, 2.24) is 19.5 Å². The quantitative estimate of drug-likeness (QED) is 0.329. The van der Waals surface area contributed by atoms with E-state index in [4.69, 9.17) is 21.3 Å². The second-order valence-corrected chi connectivity index (χ2v) is 8.82. The summed E-state index contributed by atoms with van der Waals surface area (Å²) in [5.74, 6) is 0.254. The second-order valence-electron chi connectivity index (χ2n) is 6.51. The molecule has 7 N–H and O–H groups in total. The van der Waals surface area contributed by atoms with Gasteiger partial charge in [-0.25, -0.2) is 15.0 Å². The Labute approximate surface area is 157 Å². The van der Waals surface area contributed by atoms with Gasteiger partial charge in [-0.15, -0.1) is 0 Å². The first kappa shape index (κ1) is 19.8. The van der Waals surface area contributed by atoms with Gasteiger partial charge in [0, 0.05) is 6.42 Å². The van der Waals surface area contributed by atoms with Crippen LogP contribution in [0.1, 0.15) is 12.6 Å². The van der Waals surface area contributed by atoms with Gasteiger partial charge in [0.25, 0.3) is 0 Å². The van der Waals surface area contributed by atoms with Gasteiger partial charge >= 0.3 is 5.97 Å². The van der Waals surface area contributed by atoms with E-state index in [9.17, 15) is 15.0 Å². The van der Waals surface area contributed by atoms with Crippen molar-refractivity contribution < 1.29 is 24.9 Å². The van der Waals surface area contributed by atoms with E-state index in [1.54, 1.807) is 0 Å². The minimum Gasteiger partial charge on any atom is -0.480 e. The number of aliphatic carboxylic acids is 1. The van der Waals surface area contributed by atoms with Crippen molar-refractivity contribution in [2.75, 3.05) is 23.5 Å². The molecule has 1 saturated heterocycles. The van der Waals surface area contributed by atoms with E-state index in [0.717, 1.165) is 0 Å². The number of aromatic nitrogens is 4. The van der Waals surface area contributed by atoms with Gasteiger partial charge < -0.3 is 31.5 Å². The number of anilines is 1. The number of aliphatic hydroxyl groups is 2. The Morgan fingerprint density at radius 3 is 2.81 bits per heavy atom. The lowest BCUT2D eigenvalue weighted by molar-refractivity contribution is -0.138. The van der Waals surface area contributed by atoms with Crippen LogP contribution in [0.15, 0.2) is 12.7 Å². The molecule has 4 unspecified atom stereocenters. The van der Waals surface area contributed by atoms with Crippen LogP contribution in [-0.2, 0) is 20.4 Å². The molecule has 1 aliphatic heterocycles. The smallest absolute Gasteiger partial charge is 0.320 e. The van der Waals surface area contributed by atoms with Gasteiger partial charge in [-0.3, -0.25) is 9.36 Å². The molecule has 27 heavy (non-hydrogen) atoms. The second kappa shape index (κ2) is 7.94. The van der Waals surface area contributed by atoms with Crippen molar-refractivity contribution in [3.63, 3.8) is 0 Å². The Balaban J connectivity index is 1.68. The van der Waals surface area contributed by atoms with Crippen LogP contribution >= 0.6 is 0 Å². The molecule has 12 heteroatoms. The molecule has 1 aliphatic rings. The van der Waals surface area contributed by atoms with Crippen molar-refractivity contribution >= 4 is 33.8 Å². The number of carbonyl (C=O) groups is 1. The van der Waals surface area contributed by atoms with Gasteiger partial charge in [0.2, 0.25) is 0 Å². The highest BCUT2D eigenvalue weighted by atomic mass is 32.2. The van der Waals surface area contributed by atoms with E-state index in [1.165, 1.54) is 17.2 Å². The fraction of sp³-hybridized carbons (Fsp3) is 0.600. The lowest BCUT2D eigenvalue weighted by Crippen LogP contribution is -2.37. The summed E-state index contributed by atoms with van der Waals surface area (Å²) in [5, 5.41) is 29.7. The topological polar surface area (TPSA) is 183 Å². The van der Waals surface area contributed by atoms with Crippen LogP contribution in [0, 0.1) is 0 Å². The first-order valence-electron chi connectivity index (χ1n) is 8.31. The first-order chi connectivity index (χ1) is 12.8. The molecule has 3 rings (SSSR count). The van der Waals surface area contributed by atoms with Gasteiger partial charge in [0.1, 0.15) is 47.7 Å². The number of rotatable bonds is 7. The molecule has 6 atom stereocenters. The Bertz CT molecular complexity index is 819. The standard InChI is InChI=1S/C15H22N6O5S/c1-27(3-2-7(16)15(24)25)4-8-10(22)11(23)14(26-8)21-6-20-9-12(17)18-5-19-13(9)21/h5-8,10-11,14,22-23H,2-4,16H2,1H3,(H2-,17,18,19,24,25)/p+1/t7?,8?,10-,11?,14-,27?/m1/s1. The van der Waals surface area contributed by atoms with Crippen molar-refractivity contribution in [2.24, 2.45) is 5.73 Å². The van der Waals surface area contributed by atoms with E-state index in [2.05, 4.69) is 15.0 Å². The third-order valence-corrected chi connectivity index (χ3v) is 6.37. The van der Waals surface area contributed by atoms with Gasteiger partial charge in [-0.1, -0.05) is 0 Å². The molecule has 0 amide bonds. The van der Waals surface area contributed by atoms with Crippen molar-refractivity contribution in [1.29, 1.82) is 0 Å². The summed E-state index contributed by atoms with van der Waals surface area (Å²) >= 11 is 0. The SMILES string of the molecule is C[S+](CCC(N)C(=O)O)CC1O[C@@H](n2cnc3c(N)ncnc32)C(O)[C@@H]1O. The number of hydrogen-bond acceptors (Lipinski definition) is 9. The molecule has 0 radical (unpaired) electrons. The third kappa shape index (κ3) is 3.99. The largest absolute Gasteiger partial charge is 0.480 e. The summed E-state index contributed by atoms with van der Waals surface area (Å²) in [6.07, 6.45) is 1.31. The lowest BCUT2D eigenvalue weighted by atomic mass is 10.1. The molecule has 0 aromatic carbocycles. The molecule has 0 bridgehead atoms. The molecule has 3 heterocycles. The normalized spacial score (nSPS) is 27.7. The molecule has 0 saturated carbocycles. The average Bonchev–Trinajstić information content (AvgIpc) is 3.17. The van der Waals surface area contributed by atoms with Crippen LogP contribution in [0.3, 0.4) is 0 Å². The maximum absolute atomic E-state index is 10.8. The van der Waals surface area contributed by atoms with E-state index in [1.807, 2.05) is 6.26 Å². The number of nitrogens with two attached hydrogens (primary N) is 2. The Morgan fingerprint density at radius 2 is 2.11 bits per heavy atom. The minimum absolute atomic E-state index is 0.216. The van der Waals surface area contributed by atoms with E-state index < -0.39 is 36.6 Å². The number of hydrogen-bond donors (Lipinski definition) is 5. The molecular weight excluding hydrogens is 376 g/mol. The summed E-state index contributed by atoms with van der Waals surface area (Å²) in [6.45, 7) is 0. The fourth-order valence-electron chi connectivity index (χ4n) is 2.97. The van der Waals surface area contributed by atoms with Crippen molar-refractivity contribution in [2.45, 2.75) is 37.0 Å². The molecule has 1 fully saturated rings. The zero-order chi connectivity index (χ0) is 19.7. The first-order valence-corrected chi connectivity index (χ1v) is 10.3. The predicted molar refractivity (Wildman–Crippen MR) is 98.9 cm³/mol. The monoisotopic (exact) mass is 399 g/mol. The number of carboxylic acids is 1. The van der Waals surface area contributed by atoms with Crippen molar-refractivity contribution in [3.8, 4) is 0 Å². The van der Waals surface area contributed by atoms with Crippen LogP contribution in [0.5, 0.6) is 0 Å². The molecule has 148 valence electrons. The molecule has 2 aromatic heterocycles. The number of ether oxygens (including phenoxy) is 1. The van der Waals surface area contributed by atoms with Gasteiger partial charge in [-0.05, 0) is 10.9 Å². The summed E-state index contributed by atoms with van der Waals surface area (Å²) < 4.78 is 7.41. The molecule has 11 nitrogen and oxygen atoms in total. The van der Waals surface area contributed by atoms with Crippen LogP contribution in [0.4, 0.5) is 5.82 Å². The number of carboxylic acid groups (broad SMARTS) is 1. The number of fused-ring (bicyclic) bond motifs is 1. The summed E-state index contributed by atoms with van der Waals surface area (Å²) in [7, 11) is -0.235. The summed E-state index contributed by atoms with van der Waals surface area (Å²) in [4.78, 5) is 23.0. The zero-order valence-corrected chi connectivity index (χ0v) is 15.5. The highest BCUT2D eigenvalue weighted by Crippen LogP contribution is 2.32. The fourth-order valence-corrected chi connectivity index (χ4v) is 4.63. The molecule has 0 aliphatic carbocycles. The van der Waals surface area contributed by atoms with Gasteiger partial charge in [0.15, 0.2) is 17.7 Å². The summed E-state index contributed by atoms with van der Waals surface area (Å²) in [5.41, 5.74) is 12.1. The summed E-state index contributed by atoms with van der Waals surface area (Å²) in [6, 6.07) is -0.907. The van der Waals surface area contributed by atoms with Crippen molar-refractivity contribution in [3.05, 3.63) is 12.7 Å². The molecular formula is C15H23N6O5S+. The third-order valence-electron chi connectivity index (χ3n) is 4.54. The maximum Gasteiger partial charge on any atom is 0.320 e. The predicted octanol–water partition coefficient (Wildman–Crippen LogP) is -1.92. The Morgan fingerprint density at radius 1 is 1.37 bits per heavy atom. The van der Waals surface area contributed by atoms with Crippen LogP contribution < -0.4 is 11.5 Å².